The Labute approximate surface area is 81.9 Å². The highest BCUT2D eigenvalue weighted by Gasteiger charge is 2.06. The minimum Gasteiger partial charge on any atom is -0.564 e. The Morgan fingerprint density at radius 1 is 0.615 bits per heavy atom. The van der Waals surface area contributed by atoms with E-state index >= 15 is 0 Å². The zero-order valence-corrected chi connectivity index (χ0v) is 9.53. The lowest BCUT2D eigenvalue weighted by Gasteiger charge is -2.36. The minimum atomic E-state index is -0.542. The molecule has 0 saturated carbocycles. The maximum atomic E-state index is 5.43. The lowest BCUT2D eigenvalue weighted by molar-refractivity contribution is 0.0335. The zero-order valence-electron chi connectivity index (χ0n) is 9.53. The van der Waals surface area contributed by atoms with Crippen molar-refractivity contribution in [3.63, 3.8) is 0 Å². The second-order valence-corrected chi connectivity index (χ2v) is 3.84. The van der Waals surface area contributed by atoms with E-state index in [-0.39, 0.29) is 18.3 Å². The second-order valence-electron chi connectivity index (χ2n) is 3.84. The summed E-state index contributed by atoms with van der Waals surface area (Å²) in [5, 5.41) is 0. The molecule has 1 radical (unpaired) electrons. The van der Waals surface area contributed by atoms with Crippen molar-refractivity contribution in [3.8, 4) is 0 Å². The minimum absolute atomic E-state index is 0.113. The zero-order chi connectivity index (χ0) is 10.4. The van der Waals surface area contributed by atoms with Crippen molar-refractivity contribution in [3.05, 3.63) is 0 Å². The average molecular weight is 188 g/mol. The predicted molar refractivity (Wildman–Crippen MR) is 54.4 cm³/mol. The van der Waals surface area contributed by atoms with Gasteiger partial charge in [-0.05, 0) is 41.5 Å². The van der Waals surface area contributed by atoms with Crippen LogP contribution in [0.4, 0.5) is 0 Å². The molecule has 0 unspecified atom stereocenters. The molecule has 0 aromatic heterocycles. The maximum Gasteiger partial charge on any atom is 0.305 e. The summed E-state index contributed by atoms with van der Waals surface area (Å²) in [6, 6.07) is 0. The third kappa shape index (κ3) is 8.28. The van der Waals surface area contributed by atoms with Crippen molar-refractivity contribution in [1.82, 2.24) is 0 Å². The van der Waals surface area contributed by atoms with Gasteiger partial charge in [0.25, 0.3) is 0 Å². The number of rotatable bonds is 6. The lowest BCUT2D eigenvalue weighted by atomic mass is 10.2. The highest BCUT2D eigenvalue weighted by atomic mass is 16.7. The third-order valence-corrected chi connectivity index (χ3v) is 1.15. The third-order valence-electron chi connectivity index (χ3n) is 1.15. The number of hydrogen-bond acceptors (Lipinski definition) is 3. The summed E-state index contributed by atoms with van der Waals surface area (Å²) in [5.74, 6) is 0. The van der Waals surface area contributed by atoms with Crippen LogP contribution in [-0.4, -0.2) is 25.6 Å². The Kier molecular flexibility index (Phi) is 6.38. The molecule has 0 fully saturated rings. The van der Waals surface area contributed by atoms with Gasteiger partial charge in [-0.3, -0.25) is 0 Å². The average Bonchev–Trinajstić information content (AvgIpc) is 1.80. The molecular weight excluding hydrogens is 167 g/mol. The van der Waals surface area contributed by atoms with E-state index in [0.29, 0.717) is 0 Å². The van der Waals surface area contributed by atoms with Gasteiger partial charge in [0.2, 0.25) is 0 Å². The van der Waals surface area contributed by atoms with Gasteiger partial charge in [0.05, 0.1) is 0 Å². The van der Waals surface area contributed by atoms with Crippen molar-refractivity contribution >= 4 is 7.32 Å². The first-order valence-electron chi connectivity index (χ1n) is 4.88. The van der Waals surface area contributed by atoms with E-state index in [1.54, 1.807) is 0 Å². The summed E-state index contributed by atoms with van der Waals surface area (Å²) in [6.07, 6.45) is 0.340. The largest absolute Gasteiger partial charge is 0.564 e. The van der Waals surface area contributed by atoms with Gasteiger partial charge >= 0.3 is 7.32 Å². The van der Waals surface area contributed by atoms with Gasteiger partial charge in [-0.2, -0.15) is 0 Å². The molecule has 0 atom stereocenters. The monoisotopic (exact) mass is 188 g/mol. The van der Waals surface area contributed by atoms with Crippen LogP contribution < -0.4 is 0 Å². The molecule has 0 rings (SSSR count). The molecule has 4 heteroatoms. The highest BCUT2D eigenvalue weighted by molar-refractivity contribution is 6.36. The molecule has 0 amide bonds. The van der Waals surface area contributed by atoms with Gasteiger partial charge in [-0.15, -0.1) is 0 Å². The van der Waals surface area contributed by atoms with E-state index < -0.39 is 7.32 Å². The SMILES string of the molecule is CC(C)O[B-](OC(C)C)OC(C)C. The molecular formula is C9H21BO3-. The molecule has 0 spiro atoms. The summed E-state index contributed by atoms with van der Waals surface area (Å²) < 4.78 is 16.3. The van der Waals surface area contributed by atoms with Gasteiger partial charge in [0, 0.05) is 18.3 Å². The first-order chi connectivity index (χ1) is 5.91. The Bertz CT molecular complexity index is 102. The molecule has 0 N–H and O–H groups in total. The van der Waals surface area contributed by atoms with E-state index in [1.807, 2.05) is 41.5 Å². The van der Waals surface area contributed by atoms with Crippen LogP contribution in [0.1, 0.15) is 41.5 Å². The summed E-state index contributed by atoms with van der Waals surface area (Å²) in [7, 11) is -0.542. The van der Waals surface area contributed by atoms with Crippen LogP contribution in [0.3, 0.4) is 0 Å². The van der Waals surface area contributed by atoms with E-state index in [4.69, 9.17) is 14.0 Å². The fraction of sp³-hybridized carbons (Fsp3) is 1.00. The van der Waals surface area contributed by atoms with Gasteiger partial charge in [-0.25, -0.2) is 0 Å². The van der Waals surface area contributed by atoms with Gasteiger partial charge in [0.15, 0.2) is 0 Å². The second kappa shape index (κ2) is 6.41. The highest BCUT2D eigenvalue weighted by Crippen LogP contribution is 2.04. The van der Waals surface area contributed by atoms with Crippen LogP contribution in [0, 0.1) is 0 Å². The van der Waals surface area contributed by atoms with Crippen LogP contribution in [0.5, 0.6) is 0 Å². The Morgan fingerprint density at radius 2 is 0.846 bits per heavy atom. The van der Waals surface area contributed by atoms with E-state index in [1.165, 1.54) is 0 Å². The molecule has 0 aliphatic heterocycles. The van der Waals surface area contributed by atoms with E-state index in [0.717, 1.165) is 0 Å². The van der Waals surface area contributed by atoms with Gasteiger partial charge in [-0.1, -0.05) is 0 Å². The molecule has 3 nitrogen and oxygen atoms in total. The van der Waals surface area contributed by atoms with Crippen LogP contribution in [0.15, 0.2) is 0 Å². The first-order valence-corrected chi connectivity index (χ1v) is 4.88. The summed E-state index contributed by atoms with van der Waals surface area (Å²) in [4.78, 5) is 0. The maximum absolute atomic E-state index is 5.43. The molecule has 0 heterocycles. The smallest absolute Gasteiger partial charge is 0.305 e. The molecule has 0 aliphatic rings. The molecule has 13 heavy (non-hydrogen) atoms. The molecule has 0 aromatic carbocycles. The van der Waals surface area contributed by atoms with Crippen LogP contribution in [-0.2, 0) is 14.0 Å². The Hall–Kier alpha value is -0.0551. The lowest BCUT2D eigenvalue weighted by Crippen LogP contribution is -2.34. The first kappa shape index (κ1) is 12.9. The van der Waals surface area contributed by atoms with E-state index in [2.05, 4.69) is 0 Å². The summed E-state index contributed by atoms with van der Waals surface area (Å²) >= 11 is 0. The molecule has 79 valence electrons. The summed E-state index contributed by atoms with van der Waals surface area (Å²) in [5.41, 5.74) is 0. The molecule has 0 saturated heterocycles. The molecule has 0 aliphatic carbocycles. The summed E-state index contributed by atoms with van der Waals surface area (Å²) in [6.45, 7) is 11.8. The normalized spacial score (nSPS) is 12.5. The Balaban J connectivity index is 3.87. The fourth-order valence-electron chi connectivity index (χ4n) is 0.763. The van der Waals surface area contributed by atoms with Crippen molar-refractivity contribution in [2.75, 3.05) is 0 Å². The van der Waals surface area contributed by atoms with Crippen molar-refractivity contribution in [1.29, 1.82) is 0 Å². The quantitative estimate of drug-likeness (QED) is 0.598. The van der Waals surface area contributed by atoms with Crippen LogP contribution in [0.2, 0.25) is 0 Å². The number of hydrogen-bond donors (Lipinski definition) is 0. The van der Waals surface area contributed by atoms with E-state index in [9.17, 15) is 0 Å². The van der Waals surface area contributed by atoms with Crippen LogP contribution >= 0.6 is 0 Å². The van der Waals surface area contributed by atoms with Gasteiger partial charge < -0.3 is 14.0 Å². The predicted octanol–water partition coefficient (Wildman–Crippen LogP) is 2.25. The topological polar surface area (TPSA) is 27.7 Å². The molecule has 0 aromatic rings. The standard InChI is InChI=1S/C9H21BO3/c1-7(2)11-10(12-8(3)4)13-9(5)6/h7-9H,1-6H3/q-1. The van der Waals surface area contributed by atoms with Gasteiger partial charge in [0.1, 0.15) is 0 Å². The van der Waals surface area contributed by atoms with Crippen molar-refractivity contribution in [2.45, 2.75) is 59.9 Å². The van der Waals surface area contributed by atoms with Crippen molar-refractivity contribution in [2.24, 2.45) is 0 Å². The fourth-order valence-corrected chi connectivity index (χ4v) is 0.763. The van der Waals surface area contributed by atoms with Crippen LogP contribution in [0.25, 0.3) is 0 Å². The Morgan fingerprint density at radius 3 is 1.00 bits per heavy atom. The molecule has 0 bridgehead atoms. The van der Waals surface area contributed by atoms with Crippen molar-refractivity contribution < 1.29 is 14.0 Å².